The number of thiophene rings is 2. The average molecular weight is 346 g/mol. The van der Waals surface area contributed by atoms with Gasteiger partial charge >= 0.3 is 6.01 Å². The Hall–Kier alpha value is -1.41. The van der Waals surface area contributed by atoms with E-state index in [-0.39, 0.29) is 17.8 Å². The first-order chi connectivity index (χ1) is 9.63. The SMILES string of the molecule is O=C(Nc1nnc(-c2cc(Cl)sc2Cl)o1)c1cccs1. The number of nitrogens with one attached hydrogen (secondary N) is 1. The molecule has 0 saturated carbocycles. The quantitative estimate of drug-likeness (QED) is 0.762. The van der Waals surface area contributed by atoms with E-state index in [4.69, 9.17) is 27.6 Å². The maximum absolute atomic E-state index is 11.8. The molecule has 9 heteroatoms. The zero-order valence-corrected chi connectivity index (χ0v) is 12.7. The highest BCUT2D eigenvalue weighted by atomic mass is 35.5. The Labute approximate surface area is 131 Å². The van der Waals surface area contributed by atoms with Crippen LogP contribution in [-0.2, 0) is 0 Å². The standard InChI is InChI=1S/C11H5Cl2N3O2S2/c12-7-4-5(8(13)20-7)10-15-16-11(18-10)14-9(17)6-2-1-3-19-6/h1-4H,(H,14,16,17). The monoisotopic (exact) mass is 345 g/mol. The summed E-state index contributed by atoms with van der Waals surface area (Å²) in [4.78, 5) is 12.4. The largest absolute Gasteiger partial charge is 0.403 e. The molecule has 0 bridgehead atoms. The molecular formula is C11H5Cl2N3O2S2. The van der Waals surface area contributed by atoms with E-state index in [1.165, 1.54) is 22.7 Å². The number of amides is 1. The van der Waals surface area contributed by atoms with Crippen molar-refractivity contribution >= 4 is 57.8 Å². The van der Waals surface area contributed by atoms with Crippen molar-refractivity contribution in [3.8, 4) is 11.5 Å². The summed E-state index contributed by atoms with van der Waals surface area (Å²) in [7, 11) is 0. The molecule has 3 aromatic heterocycles. The molecule has 1 amide bonds. The number of anilines is 1. The Balaban J connectivity index is 1.81. The predicted molar refractivity (Wildman–Crippen MR) is 79.9 cm³/mol. The fourth-order valence-electron chi connectivity index (χ4n) is 1.44. The minimum atomic E-state index is -0.301. The Bertz CT molecular complexity index is 752. The van der Waals surface area contributed by atoms with Crippen molar-refractivity contribution in [2.24, 2.45) is 0 Å². The molecule has 0 atom stereocenters. The normalized spacial score (nSPS) is 10.7. The molecule has 0 unspecified atom stereocenters. The Kier molecular flexibility index (Phi) is 3.75. The van der Waals surface area contributed by atoms with Gasteiger partial charge in [-0.3, -0.25) is 10.1 Å². The molecule has 0 aliphatic carbocycles. The van der Waals surface area contributed by atoms with Crippen molar-refractivity contribution in [2.75, 3.05) is 5.32 Å². The number of hydrogen-bond donors (Lipinski definition) is 1. The van der Waals surface area contributed by atoms with Gasteiger partial charge in [0.05, 0.1) is 14.8 Å². The highest BCUT2D eigenvalue weighted by Gasteiger charge is 2.17. The van der Waals surface area contributed by atoms with Gasteiger partial charge in [-0.1, -0.05) is 34.4 Å². The minimum Gasteiger partial charge on any atom is -0.403 e. The second kappa shape index (κ2) is 5.53. The molecule has 0 aliphatic heterocycles. The number of hydrogen-bond acceptors (Lipinski definition) is 6. The van der Waals surface area contributed by atoms with Gasteiger partial charge in [-0.25, -0.2) is 0 Å². The fourth-order valence-corrected chi connectivity index (χ4v) is 3.50. The first kappa shape index (κ1) is 13.6. The van der Waals surface area contributed by atoms with Crippen LogP contribution in [0.25, 0.3) is 11.5 Å². The van der Waals surface area contributed by atoms with Gasteiger partial charge in [-0.15, -0.1) is 27.8 Å². The maximum Gasteiger partial charge on any atom is 0.322 e. The number of carbonyl (C=O) groups excluding carboxylic acids is 1. The fraction of sp³-hybridized carbons (Fsp3) is 0. The average Bonchev–Trinajstić information content (AvgIpc) is 3.10. The lowest BCUT2D eigenvalue weighted by atomic mass is 10.3. The summed E-state index contributed by atoms with van der Waals surface area (Å²) in [5.74, 6) is -0.0933. The molecule has 3 heterocycles. The first-order valence-electron chi connectivity index (χ1n) is 5.27. The highest BCUT2D eigenvalue weighted by Crippen LogP contribution is 2.37. The molecule has 1 N–H and O–H groups in total. The van der Waals surface area contributed by atoms with Crippen LogP contribution in [0, 0.1) is 0 Å². The van der Waals surface area contributed by atoms with Gasteiger partial charge < -0.3 is 4.42 Å². The van der Waals surface area contributed by atoms with Gasteiger partial charge in [-0.05, 0) is 17.5 Å². The summed E-state index contributed by atoms with van der Waals surface area (Å²) in [5.41, 5.74) is 0.547. The lowest BCUT2D eigenvalue weighted by molar-refractivity contribution is 0.102. The molecule has 0 saturated heterocycles. The van der Waals surface area contributed by atoms with Crippen LogP contribution in [0.3, 0.4) is 0 Å². The Morgan fingerprint density at radius 2 is 2.20 bits per heavy atom. The third-order valence-corrected chi connectivity index (χ3v) is 4.63. The molecule has 3 aromatic rings. The molecule has 102 valence electrons. The van der Waals surface area contributed by atoms with Crippen molar-refractivity contribution in [1.82, 2.24) is 10.2 Å². The molecular weight excluding hydrogens is 341 g/mol. The number of aromatic nitrogens is 2. The highest BCUT2D eigenvalue weighted by molar-refractivity contribution is 7.20. The van der Waals surface area contributed by atoms with Crippen LogP contribution in [0.2, 0.25) is 8.67 Å². The van der Waals surface area contributed by atoms with E-state index in [1.807, 2.05) is 0 Å². The van der Waals surface area contributed by atoms with E-state index in [0.29, 0.717) is 19.1 Å². The van der Waals surface area contributed by atoms with Gasteiger partial charge in [-0.2, -0.15) is 0 Å². The van der Waals surface area contributed by atoms with Crippen LogP contribution in [0.5, 0.6) is 0 Å². The van der Waals surface area contributed by atoms with Crippen LogP contribution in [0.4, 0.5) is 6.01 Å². The third-order valence-electron chi connectivity index (χ3n) is 2.28. The van der Waals surface area contributed by atoms with Crippen molar-refractivity contribution in [2.45, 2.75) is 0 Å². The van der Waals surface area contributed by atoms with Crippen LogP contribution >= 0.6 is 45.9 Å². The van der Waals surface area contributed by atoms with Crippen LogP contribution in [0.15, 0.2) is 28.0 Å². The zero-order valence-electron chi connectivity index (χ0n) is 9.59. The van der Waals surface area contributed by atoms with E-state index in [2.05, 4.69) is 15.5 Å². The molecule has 0 radical (unpaired) electrons. The van der Waals surface area contributed by atoms with E-state index < -0.39 is 0 Å². The third kappa shape index (κ3) is 2.71. The van der Waals surface area contributed by atoms with E-state index in [9.17, 15) is 4.79 Å². The van der Waals surface area contributed by atoms with Crippen LogP contribution in [0.1, 0.15) is 9.67 Å². The van der Waals surface area contributed by atoms with Gasteiger partial charge in [0.2, 0.25) is 0 Å². The Morgan fingerprint density at radius 1 is 1.35 bits per heavy atom. The van der Waals surface area contributed by atoms with Gasteiger partial charge in [0.1, 0.15) is 4.34 Å². The topological polar surface area (TPSA) is 68.0 Å². The number of halogens is 2. The maximum atomic E-state index is 11.8. The molecule has 20 heavy (non-hydrogen) atoms. The molecule has 5 nitrogen and oxygen atoms in total. The van der Waals surface area contributed by atoms with E-state index in [0.717, 1.165) is 0 Å². The van der Waals surface area contributed by atoms with Crippen molar-refractivity contribution in [3.63, 3.8) is 0 Å². The lowest BCUT2D eigenvalue weighted by Gasteiger charge is -1.95. The van der Waals surface area contributed by atoms with Crippen molar-refractivity contribution in [1.29, 1.82) is 0 Å². The van der Waals surface area contributed by atoms with E-state index >= 15 is 0 Å². The first-order valence-corrected chi connectivity index (χ1v) is 7.72. The van der Waals surface area contributed by atoms with Crippen LogP contribution < -0.4 is 5.32 Å². The Morgan fingerprint density at radius 3 is 2.85 bits per heavy atom. The summed E-state index contributed by atoms with van der Waals surface area (Å²) >= 11 is 14.4. The lowest BCUT2D eigenvalue weighted by Crippen LogP contribution is -2.10. The summed E-state index contributed by atoms with van der Waals surface area (Å²) < 4.78 is 6.32. The smallest absolute Gasteiger partial charge is 0.322 e. The van der Waals surface area contributed by atoms with Gasteiger partial charge in [0, 0.05) is 0 Å². The van der Waals surface area contributed by atoms with Crippen LogP contribution in [-0.4, -0.2) is 16.1 Å². The summed E-state index contributed by atoms with van der Waals surface area (Å²) in [5, 5.41) is 11.9. The number of carbonyl (C=O) groups is 1. The second-order valence-corrected chi connectivity index (χ2v) is 6.81. The summed E-state index contributed by atoms with van der Waals surface area (Å²) in [6, 6.07) is 5.13. The second-order valence-electron chi connectivity index (χ2n) is 3.58. The molecule has 0 aliphatic rings. The zero-order chi connectivity index (χ0) is 14.1. The van der Waals surface area contributed by atoms with Gasteiger partial charge in [0.25, 0.3) is 11.8 Å². The van der Waals surface area contributed by atoms with Gasteiger partial charge in [0.15, 0.2) is 0 Å². The minimum absolute atomic E-state index is 0.0109. The predicted octanol–water partition coefficient (Wildman–Crippen LogP) is 4.42. The number of rotatable bonds is 3. The molecule has 3 rings (SSSR count). The molecule has 0 fully saturated rings. The molecule has 0 spiro atoms. The summed E-state index contributed by atoms with van der Waals surface area (Å²) in [6.07, 6.45) is 0. The number of nitrogens with zero attached hydrogens (tertiary/aromatic N) is 2. The van der Waals surface area contributed by atoms with Crippen molar-refractivity contribution < 1.29 is 9.21 Å². The summed E-state index contributed by atoms with van der Waals surface area (Å²) in [6.45, 7) is 0. The van der Waals surface area contributed by atoms with Crippen molar-refractivity contribution in [3.05, 3.63) is 37.1 Å². The van der Waals surface area contributed by atoms with E-state index in [1.54, 1.807) is 23.6 Å². The molecule has 0 aromatic carbocycles.